The summed E-state index contributed by atoms with van der Waals surface area (Å²) in [6, 6.07) is 0. The molecule has 0 fully saturated rings. The van der Waals surface area contributed by atoms with Crippen molar-refractivity contribution in [3.05, 3.63) is 36.5 Å². The van der Waals surface area contributed by atoms with E-state index in [-0.39, 0.29) is 31.1 Å². The average molecular weight is 956 g/mol. The summed E-state index contributed by atoms with van der Waals surface area (Å²) in [6.07, 6.45) is 68.4. The van der Waals surface area contributed by atoms with Crippen LogP contribution in [0.15, 0.2) is 36.5 Å². The van der Waals surface area contributed by atoms with Crippen molar-refractivity contribution >= 4 is 17.9 Å². The van der Waals surface area contributed by atoms with Gasteiger partial charge >= 0.3 is 17.9 Å². The molecule has 0 amide bonds. The molecule has 1 atom stereocenters. The molecule has 0 heterocycles. The molecule has 0 aromatic rings. The van der Waals surface area contributed by atoms with Crippen molar-refractivity contribution in [2.24, 2.45) is 0 Å². The molecule has 68 heavy (non-hydrogen) atoms. The molecule has 0 saturated heterocycles. The topological polar surface area (TPSA) is 78.9 Å². The number of hydrogen-bond donors (Lipinski definition) is 0. The summed E-state index contributed by atoms with van der Waals surface area (Å²) in [5.41, 5.74) is 0. The SMILES string of the molecule is CCCCCCC\C=C/C=C\C=C/CCCCCCCC(=O)OCC(COC(=O)CCCCCCCCCCCCCCCCC)OC(=O)CCCCCCCCCCCCCCCCCCC. The first-order chi connectivity index (χ1) is 33.5. The molecule has 0 N–H and O–H groups in total. The fraction of sp³-hybridized carbons (Fsp3) is 0.855. The molecule has 0 aliphatic rings. The zero-order chi connectivity index (χ0) is 49.3. The summed E-state index contributed by atoms with van der Waals surface area (Å²) < 4.78 is 16.9. The highest BCUT2D eigenvalue weighted by Crippen LogP contribution is 2.17. The summed E-state index contributed by atoms with van der Waals surface area (Å²) in [4.78, 5) is 38.2. The van der Waals surface area contributed by atoms with E-state index in [4.69, 9.17) is 14.2 Å². The van der Waals surface area contributed by atoms with Crippen LogP contribution in [0.5, 0.6) is 0 Å². The van der Waals surface area contributed by atoms with E-state index in [1.165, 1.54) is 205 Å². The van der Waals surface area contributed by atoms with E-state index in [9.17, 15) is 14.4 Å². The number of carbonyl (C=O) groups is 3. The van der Waals surface area contributed by atoms with Gasteiger partial charge in [0, 0.05) is 19.3 Å². The fourth-order valence-electron chi connectivity index (χ4n) is 8.92. The molecule has 6 heteroatoms. The van der Waals surface area contributed by atoms with Crippen molar-refractivity contribution < 1.29 is 28.6 Å². The second kappa shape index (κ2) is 57.2. The Morgan fingerprint density at radius 2 is 0.529 bits per heavy atom. The third-order valence-electron chi connectivity index (χ3n) is 13.5. The smallest absolute Gasteiger partial charge is 0.306 e. The zero-order valence-corrected chi connectivity index (χ0v) is 45.6. The lowest BCUT2D eigenvalue weighted by atomic mass is 10.0. The van der Waals surface area contributed by atoms with Gasteiger partial charge in [0.25, 0.3) is 0 Å². The number of hydrogen-bond acceptors (Lipinski definition) is 6. The van der Waals surface area contributed by atoms with E-state index in [0.29, 0.717) is 19.3 Å². The second-order valence-corrected chi connectivity index (χ2v) is 20.3. The number of unbranched alkanes of at least 4 members (excludes halogenated alkanes) is 40. The molecule has 1 unspecified atom stereocenters. The Hall–Kier alpha value is -2.37. The molecule has 0 bridgehead atoms. The van der Waals surface area contributed by atoms with Crippen LogP contribution in [-0.4, -0.2) is 37.2 Å². The normalized spacial score (nSPS) is 12.2. The third kappa shape index (κ3) is 54.6. The largest absolute Gasteiger partial charge is 0.462 e. The van der Waals surface area contributed by atoms with Gasteiger partial charge in [-0.15, -0.1) is 0 Å². The molecule has 0 aromatic heterocycles. The van der Waals surface area contributed by atoms with Gasteiger partial charge in [-0.1, -0.05) is 295 Å². The van der Waals surface area contributed by atoms with Crippen LogP contribution in [0, 0.1) is 0 Å². The lowest BCUT2D eigenvalue weighted by molar-refractivity contribution is -0.167. The maximum absolute atomic E-state index is 12.9. The first-order valence-corrected chi connectivity index (χ1v) is 30.0. The van der Waals surface area contributed by atoms with Crippen LogP contribution < -0.4 is 0 Å². The summed E-state index contributed by atoms with van der Waals surface area (Å²) in [7, 11) is 0. The molecule has 6 nitrogen and oxygen atoms in total. The molecular formula is C62H114O6. The highest BCUT2D eigenvalue weighted by molar-refractivity contribution is 5.71. The maximum atomic E-state index is 12.9. The van der Waals surface area contributed by atoms with E-state index in [2.05, 4.69) is 57.2 Å². The minimum atomic E-state index is -0.776. The first-order valence-electron chi connectivity index (χ1n) is 30.0. The van der Waals surface area contributed by atoms with Crippen LogP contribution in [0.25, 0.3) is 0 Å². The van der Waals surface area contributed by atoms with Crippen LogP contribution in [0.2, 0.25) is 0 Å². The maximum Gasteiger partial charge on any atom is 0.306 e. The van der Waals surface area contributed by atoms with Gasteiger partial charge < -0.3 is 14.2 Å². The predicted molar refractivity (Wildman–Crippen MR) is 293 cm³/mol. The van der Waals surface area contributed by atoms with Gasteiger partial charge in [0.15, 0.2) is 6.10 Å². The van der Waals surface area contributed by atoms with Crippen molar-refractivity contribution in [1.29, 1.82) is 0 Å². The number of carbonyl (C=O) groups excluding carboxylic acids is 3. The van der Waals surface area contributed by atoms with Crippen molar-refractivity contribution in [2.45, 2.75) is 329 Å². The molecule has 0 radical (unpaired) electrons. The Morgan fingerprint density at radius 1 is 0.294 bits per heavy atom. The number of allylic oxidation sites excluding steroid dienone is 6. The standard InChI is InChI=1S/C62H114O6/c1-4-7-10-13-16-19-22-25-28-30-32-34-37-40-43-46-49-52-55-61(64)67-58-59(57-66-60(63)54-51-48-45-42-39-36-33-27-24-21-18-15-12-9-6-3)68-62(65)56-53-50-47-44-41-38-35-31-29-26-23-20-17-14-11-8-5-2/h22,25,28,30,32,34,59H,4-21,23-24,26-27,29,31,33,35-58H2,1-3H3/b25-22-,30-28-,34-32-. The van der Waals surface area contributed by atoms with Crippen LogP contribution in [0.1, 0.15) is 323 Å². The van der Waals surface area contributed by atoms with Crippen molar-refractivity contribution in [3.8, 4) is 0 Å². The van der Waals surface area contributed by atoms with Gasteiger partial charge in [0.05, 0.1) is 0 Å². The van der Waals surface area contributed by atoms with Gasteiger partial charge in [-0.05, 0) is 44.9 Å². The highest BCUT2D eigenvalue weighted by atomic mass is 16.6. The Bertz CT molecular complexity index is 1140. The van der Waals surface area contributed by atoms with Crippen molar-refractivity contribution in [1.82, 2.24) is 0 Å². The van der Waals surface area contributed by atoms with Gasteiger partial charge in [-0.3, -0.25) is 14.4 Å². The monoisotopic (exact) mass is 955 g/mol. The van der Waals surface area contributed by atoms with Crippen LogP contribution in [0.3, 0.4) is 0 Å². The average Bonchev–Trinajstić information content (AvgIpc) is 3.34. The quantitative estimate of drug-likeness (QED) is 0.0262. The van der Waals surface area contributed by atoms with E-state index in [1.54, 1.807) is 0 Å². The third-order valence-corrected chi connectivity index (χ3v) is 13.5. The molecular weight excluding hydrogens is 841 g/mol. The van der Waals surface area contributed by atoms with E-state index in [0.717, 1.165) is 77.0 Å². The molecule has 0 aliphatic carbocycles. The Kier molecular flexibility index (Phi) is 55.2. The van der Waals surface area contributed by atoms with Gasteiger partial charge in [-0.25, -0.2) is 0 Å². The van der Waals surface area contributed by atoms with Crippen molar-refractivity contribution in [3.63, 3.8) is 0 Å². The molecule has 0 aromatic carbocycles. The lowest BCUT2D eigenvalue weighted by Gasteiger charge is -2.18. The molecule has 0 rings (SSSR count). The van der Waals surface area contributed by atoms with Crippen molar-refractivity contribution in [2.75, 3.05) is 13.2 Å². The van der Waals surface area contributed by atoms with Gasteiger partial charge in [0.2, 0.25) is 0 Å². The number of esters is 3. The van der Waals surface area contributed by atoms with E-state index < -0.39 is 6.10 Å². The molecule has 398 valence electrons. The summed E-state index contributed by atoms with van der Waals surface area (Å²) in [5.74, 6) is -0.872. The van der Waals surface area contributed by atoms with Crippen LogP contribution in [0.4, 0.5) is 0 Å². The predicted octanol–water partition coefficient (Wildman–Crippen LogP) is 20.0. The number of ether oxygens (including phenoxy) is 3. The Morgan fingerprint density at radius 3 is 0.809 bits per heavy atom. The minimum absolute atomic E-state index is 0.0736. The summed E-state index contributed by atoms with van der Waals surface area (Å²) in [6.45, 7) is 6.66. The van der Waals surface area contributed by atoms with Crippen LogP contribution >= 0.6 is 0 Å². The molecule has 0 spiro atoms. The van der Waals surface area contributed by atoms with Gasteiger partial charge in [-0.2, -0.15) is 0 Å². The minimum Gasteiger partial charge on any atom is -0.462 e. The summed E-state index contributed by atoms with van der Waals surface area (Å²) in [5, 5.41) is 0. The molecule has 0 saturated carbocycles. The number of rotatable bonds is 55. The highest BCUT2D eigenvalue weighted by Gasteiger charge is 2.19. The van der Waals surface area contributed by atoms with Crippen LogP contribution in [-0.2, 0) is 28.6 Å². The summed E-state index contributed by atoms with van der Waals surface area (Å²) >= 11 is 0. The second-order valence-electron chi connectivity index (χ2n) is 20.3. The first kappa shape index (κ1) is 65.6. The van der Waals surface area contributed by atoms with E-state index in [1.807, 2.05) is 0 Å². The van der Waals surface area contributed by atoms with E-state index >= 15 is 0 Å². The Balaban J connectivity index is 4.37. The zero-order valence-electron chi connectivity index (χ0n) is 45.6. The fourth-order valence-corrected chi connectivity index (χ4v) is 8.92. The Labute approximate surface area is 423 Å². The van der Waals surface area contributed by atoms with Gasteiger partial charge in [0.1, 0.15) is 13.2 Å². The molecule has 0 aliphatic heterocycles. The lowest BCUT2D eigenvalue weighted by Crippen LogP contribution is -2.30.